The predicted octanol–water partition coefficient (Wildman–Crippen LogP) is 0.544. The van der Waals surface area contributed by atoms with Gasteiger partial charge in [-0.3, -0.25) is 9.59 Å². The van der Waals surface area contributed by atoms with Crippen LogP contribution in [0.15, 0.2) is 42.6 Å². The van der Waals surface area contributed by atoms with Crippen molar-refractivity contribution in [3.05, 3.63) is 53.9 Å². The third-order valence-corrected chi connectivity index (χ3v) is 3.06. The van der Waals surface area contributed by atoms with Crippen LogP contribution in [-0.2, 0) is 16.1 Å². The van der Waals surface area contributed by atoms with Gasteiger partial charge in [0.1, 0.15) is 5.69 Å². The molecule has 0 saturated heterocycles. The highest BCUT2D eigenvalue weighted by Crippen LogP contribution is 2.03. The molecule has 0 aliphatic heterocycles. The first-order chi connectivity index (χ1) is 11.0. The maximum absolute atomic E-state index is 11.6. The Bertz CT molecular complexity index is 692. The molecule has 1 heterocycles. The van der Waals surface area contributed by atoms with E-state index < -0.39 is 0 Å². The first-order valence-corrected chi connectivity index (χ1v) is 7.15. The average molecular weight is 313 g/mol. The van der Waals surface area contributed by atoms with E-state index in [4.69, 9.17) is 0 Å². The summed E-state index contributed by atoms with van der Waals surface area (Å²) in [4.78, 5) is 24.4. The van der Waals surface area contributed by atoms with E-state index in [0.717, 1.165) is 5.56 Å². The first kappa shape index (κ1) is 16.4. The van der Waals surface area contributed by atoms with Gasteiger partial charge in [0.05, 0.1) is 19.3 Å². The van der Waals surface area contributed by atoms with E-state index in [0.29, 0.717) is 12.2 Å². The van der Waals surface area contributed by atoms with Crippen LogP contribution < -0.4 is 5.32 Å². The second-order valence-corrected chi connectivity index (χ2v) is 5.17. The van der Waals surface area contributed by atoms with Gasteiger partial charge < -0.3 is 10.2 Å². The highest BCUT2D eigenvalue weighted by Gasteiger charge is 2.05. The van der Waals surface area contributed by atoms with Crippen LogP contribution in [0.4, 0.5) is 0 Å². The third-order valence-electron chi connectivity index (χ3n) is 3.06. The fraction of sp³-hybridized carbons (Fsp3) is 0.250. The maximum Gasteiger partial charge on any atom is 0.244 e. The molecular weight excluding hydrogens is 294 g/mol. The van der Waals surface area contributed by atoms with Gasteiger partial charge in [0.25, 0.3) is 0 Å². The van der Waals surface area contributed by atoms with E-state index in [1.807, 2.05) is 30.3 Å². The van der Waals surface area contributed by atoms with Gasteiger partial charge in [-0.05, 0) is 11.6 Å². The Labute approximate surface area is 134 Å². The number of rotatable bonds is 6. The van der Waals surface area contributed by atoms with E-state index in [2.05, 4.69) is 15.6 Å². The summed E-state index contributed by atoms with van der Waals surface area (Å²) in [6.07, 6.45) is 4.64. The fourth-order valence-electron chi connectivity index (χ4n) is 1.78. The van der Waals surface area contributed by atoms with Gasteiger partial charge in [-0.1, -0.05) is 35.5 Å². The molecule has 2 aromatic rings. The minimum atomic E-state index is -0.349. The highest BCUT2D eigenvalue weighted by molar-refractivity contribution is 5.93. The van der Waals surface area contributed by atoms with Crippen LogP contribution in [0.1, 0.15) is 11.3 Å². The largest absolute Gasteiger partial charge is 0.347 e. The SMILES string of the molecule is CN(C)C(=O)CNC(=O)/C=C/c1cn(Cc2ccccc2)nn1. The summed E-state index contributed by atoms with van der Waals surface area (Å²) < 4.78 is 1.70. The normalized spacial score (nSPS) is 10.7. The predicted molar refractivity (Wildman–Crippen MR) is 86.3 cm³/mol. The van der Waals surface area contributed by atoms with Crippen molar-refractivity contribution in [1.82, 2.24) is 25.2 Å². The van der Waals surface area contributed by atoms with Crippen LogP contribution in [0, 0.1) is 0 Å². The first-order valence-electron chi connectivity index (χ1n) is 7.15. The number of likely N-dealkylation sites (N-methyl/N-ethyl adjacent to an activating group) is 1. The summed E-state index contributed by atoms with van der Waals surface area (Å²) in [6.45, 7) is 0.585. The molecule has 0 saturated carbocycles. The van der Waals surface area contributed by atoms with Crippen molar-refractivity contribution in [2.24, 2.45) is 0 Å². The zero-order chi connectivity index (χ0) is 16.7. The molecule has 0 aliphatic carbocycles. The van der Waals surface area contributed by atoms with Gasteiger partial charge >= 0.3 is 0 Å². The molecule has 0 aliphatic rings. The molecule has 2 rings (SSSR count). The molecule has 7 heteroatoms. The lowest BCUT2D eigenvalue weighted by Gasteiger charge is -2.09. The lowest BCUT2D eigenvalue weighted by molar-refractivity contribution is -0.129. The zero-order valence-electron chi connectivity index (χ0n) is 13.1. The molecule has 2 amide bonds. The van der Waals surface area contributed by atoms with Crippen molar-refractivity contribution >= 4 is 17.9 Å². The highest BCUT2D eigenvalue weighted by atomic mass is 16.2. The fourth-order valence-corrected chi connectivity index (χ4v) is 1.78. The third kappa shape index (κ3) is 5.39. The molecule has 0 unspecified atom stereocenters. The summed E-state index contributed by atoms with van der Waals surface area (Å²) in [5.41, 5.74) is 1.70. The number of carbonyl (C=O) groups is 2. The van der Waals surface area contributed by atoms with E-state index in [1.165, 1.54) is 11.0 Å². The minimum absolute atomic E-state index is 0.0309. The summed E-state index contributed by atoms with van der Waals surface area (Å²) in [5.74, 6) is -0.515. The number of nitrogens with zero attached hydrogens (tertiary/aromatic N) is 4. The molecule has 0 atom stereocenters. The smallest absolute Gasteiger partial charge is 0.244 e. The maximum atomic E-state index is 11.6. The topological polar surface area (TPSA) is 80.1 Å². The Morgan fingerprint density at radius 3 is 2.70 bits per heavy atom. The van der Waals surface area contributed by atoms with E-state index in [1.54, 1.807) is 31.1 Å². The van der Waals surface area contributed by atoms with Gasteiger partial charge in [0.2, 0.25) is 11.8 Å². The van der Waals surface area contributed by atoms with Gasteiger partial charge in [-0.2, -0.15) is 0 Å². The second kappa shape index (κ2) is 7.88. The van der Waals surface area contributed by atoms with Crippen LogP contribution in [0.2, 0.25) is 0 Å². The van der Waals surface area contributed by atoms with Crippen molar-refractivity contribution in [2.45, 2.75) is 6.54 Å². The summed E-state index contributed by atoms with van der Waals surface area (Å²) in [7, 11) is 3.27. The van der Waals surface area contributed by atoms with E-state index >= 15 is 0 Å². The van der Waals surface area contributed by atoms with Crippen LogP contribution in [0.5, 0.6) is 0 Å². The summed E-state index contributed by atoms with van der Waals surface area (Å²) in [6, 6.07) is 9.90. The molecule has 1 aromatic heterocycles. The minimum Gasteiger partial charge on any atom is -0.347 e. The lowest BCUT2D eigenvalue weighted by Crippen LogP contribution is -2.35. The second-order valence-electron chi connectivity index (χ2n) is 5.17. The number of benzene rings is 1. The summed E-state index contributed by atoms with van der Waals surface area (Å²) in [5, 5.41) is 10.5. The monoisotopic (exact) mass is 313 g/mol. The van der Waals surface area contributed by atoms with Crippen molar-refractivity contribution in [1.29, 1.82) is 0 Å². The lowest BCUT2D eigenvalue weighted by atomic mass is 10.2. The number of hydrogen-bond acceptors (Lipinski definition) is 4. The molecule has 23 heavy (non-hydrogen) atoms. The number of aromatic nitrogens is 3. The summed E-state index contributed by atoms with van der Waals surface area (Å²) >= 11 is 0. The molecule has 7 nitrogen and oxygen atoms in total. The van der Waals surface area contributed by atoms with Crippen LogP contribution in [-0.4, -0.2) is 52.3 Å². The van der Waals surface area contributed by atoms with Crippen LogP contribution >= 0.6 is 0 Å². The number of nitrogens with one attached hydrogen (secondary N) is 1. The molecular formula is C16H19N5O2. The van der Waals surface area contributed by atoms with Crippen LogP contribution in [0.25, 0.3) is 6.08 Å². The van der Waals surface area contributed by atoms with E-state index in [-0.39, 0.29) is 18.4 Å². The quantitative estimate of drug-likeness (QED) is 0.790. The van der Waals surface area contributed by atoms with E-state index in [9.17, 15) is 9.59 Å². The number of hydrogen-bond donors (Lipinski definition) is 1. The Hall–Kier alpha value is -2.96. The van der Waals surface area contributed by atoms with Crippen LogP contribution in [0.3, 0.4) is 0 Å². The Morgan fingerprint density at radius 1 is 1.26 bits per heavy atom. The van der Waals surface area contributed by atoms with Crippen molar-refractivity contribution < 1.29 is 9.59 Å². The molecule has 0 spiro atoms. The van der Waals surface area contributed by atoms with Gasteiger partial charge in [0.15, 0.2) is 0 Å². The molecule has 120 valence electrons. The number of amides is 2. The average Bonchev–Trinajstić information content (AvgIpc) is 2.99. The van der Waals surface area contributed by atoms with Crippen molar-refractivity contribution in [3.8, 4) is 0 Å². The molecule has 0 bridgehead atoms. The van der Waals surface area contributed by atoms with Crippen molar-refractivity contribution in [2.75, 3.05) is 20.6 Å². The number of carbonyl (C=O) groups excluding carboxylic acids is 2. The molecule has 0 radical (unpaired) electrons. The van der Waals surface area contributed by atoms with Gasteiger partial charge in [-0.15, -0.1) is 5.10 Å². The zero-order valence-corrected chi connectivity index (χ0v) is 13.1. The molecule has 1 aromatic carbocycles. The molecule has 1 N–H and O–H groups in total. The Balaban J connectivity index is 1.86. The van der Waals surface area contributed by atoms with Crippen molar-refractivity contribution in [3.63, 3.8) is 0 Å². The standard InChI is InChI=1S/C16H19N5O2/c1-20(2)16(23)10-17-15(22)9-8-14-12-21(19-18-14)11-13-6-4-3-5-7-13/h3-9,12H,10-11H2,1-2H3,(H,17,22)/b9-8+. The molecule has 0 fully saturated rings. The Morgan fingerprint density at radius 2 is 2.00 bits per heavy atom. The van der Waals surface area contributed by atoms with Gasteiger partial charge in [-0.25, -0.2) is 4.68 Å². The van der Waals surface area contributed by atoms with Gasteiger partial charge in [0, 0.05) is 20.2 Å². The Kier molecular flexibility index (Phi) is 5.62.